The summed E-state index contributed by atoms with van der Waals surface area (Å²) in [5, 5.41) is 9.72. The first-order chi connectivity index (χ1) is 46.6. The molecular weight excluding hydrogens is 1140 g/mol. The number of fused-ring (bicyclic) bond motifs is 12. The first kappa shape index (κ1) is 53.2. The van der Waals surface area contributed by atoms with Crippen molar-refractivity contribution in [1.82, 2.24) is 28.2 Å². The zero-order valence-corrected chi connectivity index (χ0v) is 51.0. The van der Waals surface area contributed by atoms with Crippen LogP contribution >= 0.6 is 0 Å². The molecule has 0 amide bonds. The highest BCUT2D eigenvalue weighted by Crippen LogP contribution is 2.42. The van der Waals surface area contributed by atoms with E-state index in [4.69, 9.17) is 9.97 Å². The normalized spacial score (nSPS) is 11.8. The third-order valence-electron chi connectivity index (χ3n) is 19.1. The Morgan fingerprint density at radius 2 is 0.383 bits per heavy atom. The summed E-state index contributed by atoms with van der Waals surface area (Å²) < 4.78 is 9.54. The minimum Gasteiger partial charge on any atom is -0.309 e. The number of hydrogen-bond acceptors (Lipinski definition) is 2. The topological polar surface area (TPSA) is 45.5 Å². The van der Waals surface area contributed by atoms with E-state index in [-0.39, 0.29) is 0 Å². The lowest BCUT2D eigenvalue weighted by atomic mass is 9.97. The van der Waals surface area contributed by atoms with Crippen LogP contribution in [0.15, 0.2) is 340 Å². The highest BCUT2D eigenvalue weighted by atomic mass is 15.0. The lowest BCUT2D eigenvalue weighted by Crippen LogP contribution is -1.97. The molecule has 0 fully saturated rings. The van der Waals surface area contributed by atoms with Crippen molar-refractivity contribution >= 4 is 87.2 Å². The molecule has 0 aliphatic carbocycles. The quantitative estimate of drug-likeness (QED) is 0.137. The number of rotatable bonds is 10. The molecule has 19 rings (SSSR count). The van der Waals surface area contributed by atoms with Gasteiger partial charge in [-0.25, -0.2) is 9.97 Å². The fraction of sp³-hybridized carbons (Fsp3) is 0. The fourth-order valence-corrected chi connectivity index (χ4v) is 14.8. The van der Waals surface area contributed by atoms with Crippen LogP contribution in [0.3, 0.4) is 0 Å². The maximum atomic E-state index is 5.58. The molecule has 0 aliphatic heterocycles. The predicted octanol–water partition coefficient (Wildman–Crippen LogP) is 22.9. The van der Waals surface area contributed by atoms with Gasteiger partial charge in [0.05, 0.1) is 66.9 Å². The van der Waals surface area contributed by atoms with Gasteiger partial charge in [0, 0.05) is 88.1 Å². The smallest absolute Gasteiger partial charge is 0.0715 e. The zero-order valence-electron chi connectivity index (χ0n) is 51.0. The molecule has 0 atom stereocenters. The van der Waals surface area contributed by atoms with E-state index >= 15 is 0 Å². The largest absolute Gasteiger partial charge is 0.309 e. The fourth-order valence-electron chi connectivity index (χ4n) is 14.8. The molecule has 0 aliphatic rings. The molecule has 13 aromatic carbocycles. The van der Waals surface area contributed by atoms with Crippen molar-refractivity contribution in [3.63, 3.8) is 0 Å². The van der Waals surface area contributed by atoms with Gasteiger partial charge in [0.15, 0.2) is 0 Å². The van der Waals surface area contributed by atoms with Gasteiger partial charge in [-0.15, -0.1) is 0 Å². The first-order valence-corrected chi connectivity index (χ1v) is 32.1. The summed E-state index contributed by atoms with van der Waals surface area (Å²) in [6, 6.07) is 123. The average molecular weight is 1200 g/mol. The van der Waals surface area contributed by atoms with E-state index in [1.807, 2.05) is 0 Å². The van der Waals surface area contributed by atoms with Crippen LogP contribution in [0.5, 0.6) is 0 Å². The van der Waals surface area contributed by atoms with Crippen LogP contribution in [0.25, 0.3) is 177 Å². The zero-order chi connectivity index (χ0) is 61.8. The lowest BCUT2D eigenvalue weighted by molar-refractivity contribution is 1.14. The minimum absolute atomic E-state index is 0.881. The van der Waals surface area contributed by atoms with Crippen LogP contribution in [-0.2, 0) is 0 Å². The number of benzene rings is 13. The van der Waals surface area contributed by atoms with Gasteiger partial charge in [0.2, 0.25) is 0 Å². The lowest BCUT2D eigenvalue weighted by Gasteiger charge is -2.14. The summed E-state index contributed by atoms with van der Waals surface area (Å²) in [7, 11) is 0. The van der Waals surface area contributed by atoms with Crippen molar-refractivity contribution < 1.29 is 0 Å². The Kier molecular flexibility index (Phi) is 12.2. The van der Waals surface area contributed by atoms with E-state index < -0.39 is 0 Å². The summed E-state index contributed by atoms with van der Waals surface area (Å²) in [4.78, 5) is 11.2. The summed E-state index contributed by atoms with van der Waals surface area (Å²) in [6.45, 7) is 0. The van der Waals surface area contributed by atoms with Gasteiger partial charge in [-0.2, -0.15) is 0 Å². The molecule has 0 unspecified atom stereocenters. The Balaban J connectivity index is 0.696. The molecule has 0 radical (unpaired) electrons. The highest BCUT2D eigenvalue weighted by Gasteiger charge is 2.21. The Morgan fingerprint density at radius 3 is 0.681 bits per heavy atom. The van der Waals surface area contributed by atoms with E-state index in [9.17, 15) is 0 Å². The Morgan fingerprint density at radius 1 is 0.149 bits per heavy atom. The van der Waals surface area contributed by atoms with E-state index in [0.717, 1.165) is 112 Å². The van der Waals surface area contributed by atoms with Gasteiger partial charge in [0.1, 0.15) is 0 Å². The molecule has 438 valence electrons. The molecule has 0 bridgehead atoms. The molecule has 6 heterocycles. The number of nitrogens with zero attached hydrogens (tertiary/aromatic N) is 6. The van der Waals surface area contributed by atoms with Gasteiger partial charge in [-0.05, 0) is 162 Å². The SMILES string of the molecule is c1ccc(-c2cc(-c3cccc(-c4cc(-c5ccccc5)cc(-c5ccc6c(c5)c5ccccc5n6-c5ccc(-n6c7ccccc7c7ccccc76)cc5)n4)c3)nc(-c3ccc4c(c3)c3ccccc3n4-c3ccc(-n4c5ccccc5c5ccccc54)cc3)c2)cc1. The molecule has 94 heavy (non-hydrogen) atoms. The van der Waals surface area contributed by atoms with Gasteiger partial charge < -0.3 is 18.3 Å². The van der Waals surface area contributed by atoms with Gasteiger partial charge >= 0.3 is 0 Å². The number of hydrogen-bond donors (Lipinski definition) is 0. The second kappa shape index (κ2) is 21.5. The van der Waals surface area contributed by atoms with Crippen LogP contribution in [0.2, 0.25) is 0 Å². The van der Waals surface area contributed by atoms with Crippen LogP contribution in [-0.4, -0.2) is 28.2 Å². The van der Waals surface area contributed by atoms with E-state index in [0.29, 0.717) is 0 Å². The number of pyridine rings is 2. The average Bonchev–Trinajstić information content (AvgIpc) is 1.62. The Hall–Kier alpha value is -12.6. The molecule has 0 spiro atoms. The third kappa shape index (κ3) is 8.65. The van der Waals surface area contributed by atoms with E-state index in [1.54, 1.807) is 0 Å². The molecule has 6 aromatic heterocycles. The molecule has 6 nitrogen and oxygen atoms in total. The van der Waals surface area contributed by atoms with E-state index in [1.165, 1.54) is 65.2 Å². The third-order valence-corrected chi connectivity index (χ3v) is 19.1. The molecule has 0 N–H and O–H groups in total. The minimum atomic E-state index is 0.881. The van der Waals surface area contributed by atoms with Crippen molar-refractivity contribution in [3.05, 3.63) is 340 Å². The maximum absolute atomic E-state index is 5.58. The van der Waals surface area contributed by atoms with Crippen molar-refractivity contribution in [2.75, 3.05) is 0 Å². The molecule has 0 saturated carbocycles. The maximum Gasteiger partial charge on any atom is 0.0715 e. The summed E-state index contributed by atoms with van der Waals surface area (Å²) in [6.07, 6.45) is 0. The van der Waals surface area contributed by atoms with Crippen molar-refractivity contribution in [3.8, 4) is 90.0 Å². The van der Waals surface area contributed by atoms with Crippen molar-refractivity contribution in [2.24, 2.45) is 0 Å². The highest BCUT2D eigenvalue weighted by molar-refractivity contribution is 6.13. The van der Waals surface area contributed by atoms with Crippen molar-refractivity contribution in [1.29, 1.82) is 0 Å². The van der Waals surface area contributed by atoms with Crippen LogP contribution in [0.4, 0.5) is 0 Å². The standard InChI is InChI=1S/C88H56N6/c1-3-20-57(21-4-1)63-53-77(89-79(55-63)61-38-48-87-75(51-61)73-30-11-17-36-85(73)93(87)67-44-40-65(41-45-67)91-81-32-13-7-26-69(81)70-27-8-14-33-82(70)91)59-24-19-25-60(50-59)78-54-64(58-22-5-2-6-23-58)56-80(90-78)62-39-49-88-76(52-62)74-31-12-18-37-86(74)94(88)68-46-42-66(43-47-68)92-83-34-15-9-28-71(83)72-29-10-16-35-84(72)92/h1-56H. The molecular formula is C88H56N6. The Labute approximate surface area is 542 Å². The van der Waals surface area contributed by atoms with Gasteiger partial charge in [0.25, 0.3) is 0 Å². The second-order valence-electron chi connectivity index (χ2n) is 24.5. The monoisotopic (exact) mass is 1200 g/mol. The van der Waals surface area contributed by atoms with E-state index in [2.05, 4.69) is 358 Å². The van der Waals surface area contributed by atoms with Crippen molar-refractivity contribution in [2.45, 2.75) is 0 Å². The van der Waals surface area contributed by atoms with Gasteiger partial charge in [-0.1, -0.05) is 200 Å². The summed E-state index contributed by atoms with van der Waals surface area (Å²) in [5.74, 6) is 0. The first-order valence-electron chi connectivity index (χ1n) is 32.1. The number of aromatic nitrogens is 6. The molecule has 19 aromatic rings. The summed E-state index contributed by atoms with van der Waals surface area (Å²) in [5.41, 5.74) is 25.9. The Bertz CT molecular complexity index is 5720. The van der Waals surface area contributed by atoms with Crippen LogP contribution in [0.1, 0.15) is 0 Å². The molecule has 6 heteroatoms. The summed E-state index contributed by atoms with van der Waals surface area (Å²) >= 11 is 0. The predicted molar refractivity (Wildman–Crippen MR) is 392 cm³/mol. The second-order valence-corrected chi connectivity index (χ2v) is 24.5. The molecule has 0 saturated heterocycles. The number of para-hydroxylation sites is 6. The van der Waals surface area contributed by atoms with Crippen LogP contribution in [0, 0.1) is 0 Å². The van der Waals surface area contributed by atoms with Gasteiger partial charge in [-0.3, -0.25) is 0 Å². The van der Waals surface area contributed by atoms with Crippen LogP contribution < -0.4 is 0 Å².